The number of aromatic nitrogens is 1. The lowest BCUT2D eigenvalue weighted by Crippen LogP contribution is -2.55. The smallest absolute Gasteiger partial charge is 0.266 e. The Morgan fingerprint density at radius 1 is 1.07 bits per heavy atom. The van der Waals surface area contributed by atoms with Crippen molar-refractivity contribution in [2.75, 3.05) is 31.1 Å². The average molecular weight is 464 g/mol. The number of thiazole rings is 1. The summed E-state index contributed by atoms with van der Waals surface area (Å²) >= 11 is 13.8. The third kappa shape index (κ3) is 4.22. The SMILES string of the molecule is Cc1c(Cl)ccc2sc(N3CCN(C(=O)C(C)(C)Oc4ccc(Cl)cc4)CC3)nc12. The Morgan fingerprint density at radius 3 is 2.40 bits per heavy atom. The van der Waals surface area contributed by atoms with Crippen LogP contribution in [0.2, 0.25) is 10.0 Å². The van der Waals surface area contributed by atoms with Gasteiger partial charge in [0.25, 0.3) is 5.91 Å². The van der Waals surface area contributed by atoms with Crippen molar-refractivity contribution in [1.29, 1.82) is 0 Å². The maximum absolute atomic E-state index is 13.1. The summed E-state index contributed by atoms with van der Waals surface area (Å²) in [7, 11) is 0. The molecule has 158 valence electrons. The van der Waals surface area contributed by atoms with Gasteiger partial charge in [-0.05, 0) is 62.7 Å². The zero-order chi connectivity index (χ0) is 21.5. The predicted molar refractivity (Wildman–Crippen MR) is 124 cm³/mol. The summed E-state index contributed by atoms with van der Waals surface area (Å²) in [6.45, 7) is 8.31. The van der Waals surface area contributed by atoms with Gasteiger partial charge in [0.15, 0.2) is 10.7 Å². The molecule has 3 aromatic rings. The van der Waals surface area contributed by atoms with Crippen LogP contribution in [0, 0.1) is 6.92 Å². The van der Waals surface area contributed by atoms with E-state index in [2.05, 4.69) is 4.90 Å². The second-order valence-electron chi connectivity index (χ2n) is 7.86. The molecule has 0 N–H and O–H groups in total. The lowest BCUT2D eigenvalue weighted by atomic mass is 10.1. The highest BCUT2D eigenvalue weighted by Crippen LogP contribution is 2.34. The van der Waals surface area contributed by atoms with E-state index in [4.69, 9.17) is 32.9 Å². The van der Waals surface area contributed by atoms with Crippen LogP contribution < -0.4 is 9.64 Å². The molecule has 0 atom stereocenters. The van der Waals surface area contributed by atoms with Gasteiger partial charge in [-0.15, -0.1) is 0 Å². The molecule has 1 aromatic heterocycles. The second kappa shape index (κ2) is 8.25. The van der Waals surface area contributed by atoms with E-state index >= 15 is 0 Å². The van der Waals surface area contributed by atoms with Crippen molar-refractivity contribution in [1.82, 2.24) is 9.88 Å². The number of halogens is 2. The van der Waals surface area contributed by atoms with Crippen LogP contribution in [-0.4, -0.2) is 47.6 Å². The molecule has 1 saturated heterocycles. The molecule has 2 heterocycles. The number of ether oxygens (including phenoxy) is 1. The molecule has 1 aliphatic heterocycles. The summed E-state index contributed by atoms with van der Waals surface area (Å²) in [6, 6.07) is 11.0. The van der Waals surface area contributed by atoms with Crippen LogP contribution in [-0.2, 0) is 4.79 Å². The normalized spacial score (nSPS) is 15.0. The largest absolute Gasteiger partial charge is 0.478 e. The molecule has 8 heteroatoms. The van der Waals surface area contributed by atoms with Gasteiger partial charge in [-0.1, -0.05) is 34.5 Å². The lowest BCUT2D eigenvalue weighted by Gasteiger charge is -2.38. The van der Waals surface area contributed by atoms with Crippen LogP contribution in [0.15, 0.2) is 36.4 Å². The van der Waals surface area contributed by atoms with Crippen LogP contribution in [0.3, 0.4) is 0 Å². The quantitative estimate of drug-likeness (QED) is 0.518. The number of hydrogen-bond acceptors (Lipinski definition) is 5. The van der Waals surface area contributed by atoms with Crippen molar-refractivity contribution in [3.8, 4) is 5.75 Å². The predicted octanol–water partition coefficient (Wildman–Crippen LogP) is 5.42. The number of rotatable bonds is 4. The molecule has 5 nitrogen and oxygen atoms in total. The van der Waals surface area contributed by atoms with Gasteiger partial charge < -0.3 is 14.5 Å². The van der Waals surface area contributed by atoms with E-state index in [1.807, 2.05) is 24.0 Å². The van der Waals surface area contributed by atoms with Crippen molar-refractivity contribution in [3.63, 3.8) is 0 Å². The molecule has 0 radical (unpaired) electrons. The second-order valence-corrected chi connectivity index (χ2v) is 9.71. The van der Waals surface area contributed by atoms with Gasteiger partial charge in [-0.2, -0.15) is 0 Å². The van der Waals surface area contributed by atoms with E-state index in [1.165, 1.54) is 0 Å². The number of fused-ring (bicyclic) bond motifs is 1. The highest BCUT2D eigenvalue weighted by Gasteiger charge is 2.36. The summed E-state index contributed by atoms with van der Waals surface area (Å²) < 4.78 is 7.09. The maximum atomic E-state index is 13.1. The fraction of sp³-hybridized carbons (Fsp3) is 0.364. The Morgan fingerprint density at radius 2 is 1.73 bits per heavy atom. The number of benzene rings is 2. The third-order valence-corrected chi connectivity index (χ3v) is 7.02. The zero-order valence-corrected chi connectivity index (χ0v) is 19.4. The van der Waals surface area contributed by atoms with Crippen molar-refractivity contribution in [2.45, 2.75) is 26.4 Å². The van der Waals surface area contributed by atoms with Gasteiger partial charge in [0, 0.05) is 36.2 Å². The minimum absolute atomic E-state index is 0.0240. The van der Waals surface area contributed by atoms with Gasteiger partial charge in [0.05, 0.1) is 10.2 Å². The Bertz CT molecular complexity index is 1070. The number of hydrogen-bond donors (Lipinski definition) is 0. The standard InChI is InChI=1S/C22H23Cl2N3O2S/c1-14-17(24)8-9-18-19(14)25-21(30-18)27-12-10-26(11-13-27)20(28)22(2,3)29-16-6-4-15(23)5-7-16/h4-9H,10-13H2,1-3H3. The van der Waals surface area contributed by atoms with E-state index < -0.39 is 5.60 Å². The molecule has 2 aromatic carbocycles. The first-order valence-electron chi connectivity index (χ1n) is 9.79. The Hall–Kier alpha value is -2.02. The summed E-state index contributed by atoms with van der Waals surface area (Å²) in [5.74, 6) is 0.601. The molecule has 1 amide bonds. The van der Waals surface area contributed by atoms with Gasteiger partial charge in [0.2, 0.25) is 0 Å². The zero-order valence-electron chi connectivity index (χ0n) is 17.1. The van der Waals surface area contributed by atoms with E-state index in [9.17, 15) is 4.79 Å². The van der Waals surface area contributed by atoms with E-state index in [0.717, 1.165) is 39.0 Å². The first kappa shape index (κ1) is 21.2. The molecule has 0 spiro atoms. The minimum atomic E-state index is -0.959. The van der Waals surface area contributed by atoms with Gasteiger partial charge in [0.1, 0.15) is 5.75 Å². The fourth-order valence-electron chi connectivity index (χ4n) is 3.55. The molecule has 30 heavy (non-hydrogen) atoms. The van der Waals surface area contributed by atoms with Crippen molar-refractivity contribution in [3.05, 3.63) is 52.0 Å². The van der Waals surface area contributed by atoms with Crippen molar-refractivity contribution >= 4 is 55.8 Å². The Kier molecular flexibility index (Phi) is 5.84. The molecule has 1 fully saturated rings. The van der Waals surface area contributed by atoms with Gasteiger partial charge in [-0.3, -0.25) is 4.79 Å². The first-order valence-corrected chi connectivity index (χ1v) is 11.4. The first-order chi connectivity index (χ1) is 14.2. The Balaban J connectivity index is 1.41. The monoisotopic (exact) mass is 463 g/mol. The van der Waals surface area contributed by atoms with E-state index in [0.29, 0.717) is 23.9 Å². The summed E-state index contributed by atoms with van der Waals surface area (Å²) in [5, 5.41) is 2.34. The fourth-order valence-corrected chi connectivity index (χ4v) is 4.90. The number of carbonyl (C=O) groups excluding carboxylic acids is 1. The number of aryl methyl sites for hydroxylation is 1. The Labute approximate surface area is 190 Å². The minimum Gasteiger partial charge on any atom is -0.478 e. The topological polar surface area (TPSA) is 45.7 Å². The van der Waals surface area contributed by atoms with Crippen LogP contribution in [0.1, 0.15) is 19.4 Å². The average Bonchev–Trinajstić information content (AvgIpc) is 3.17. The van der Waals surface area contributed by atoms with Crippen LogP contribution in [0.4, 0.5) is 5.13 Å². The summed E-state index contributed by atoms with van der Waals surface area (Å²) in [4.78, 5) is 22.0. The third-order valence-electron chi connectivity index (χ3n) is 5.28. The molecular weight excluding hydrogens is 441 g/mol. The molecule has 1 aliphatic rings. The van der Waals surface area contributed by atoms with Crippen molar-refractivity contribution < 1.29 is 9.53 Å². The number of nitrogens with zero attached hydrogens (tertiary/aromatic N) is 3. The van der Waals surface area contributed by atoms with Crippen LogP contribution in [0.25, 0.3) is 10.2 Å². The summed E-state index contributed by atoms with van der Waals surface area (Å²) in [6.07, 6.45) is 0. The van der Waals surface area contributed by atoms with Crippen molar-refractivity contribution in [2.24, 2.45) is 0 Å². The molecule has 0 saturated carbocycles. The van der Waals surface area contributed by atoms with E-state index in [-0.39, 0.29) is 5.91 Å². The van der Waals surface area contributed by atoms with Crippen LogP contribution >= 0.6 is 34.5 Å². The molecule has 0 bridgehead atoms. The highest BCUT2D eigenvalue weighted by atomic mass is 35.5. The van der Waals surface area contributed by atoms with Gasteiger partial charge in [-0.25, -0.2) is 4.98 Å². The lowest BCUT2D eigenvalue weighted by molar-refractivity contribution is -0.145. The molecule has 0 aliphatic carbocycles. The number of piperazine rings is 1. The van der Waals surface area contributed by atoms with E-state index in [1.54, 1.807) is 49.4 Å². The van der Waals surface area contributed by atoms with Crippen LogP contribution in [0.5, 0.6) is 5.75 Å². The molecule has 0 unspecified atom stereocenters. The van der Waals surface area contributed by atoms with Gasteiger partial charge >= 0.3 is 0 Å². The maximum Gasteiger partial charge on any atom is 0.266 e. The molecule has 4 rings (SSSR count). The number of amides is 1. The summed E-state index contributed by atoms with van der Waals surface area (Å²) in [5.41, 5.74) is 1.00. The highest BCUT2D eigenvalue weighted by molar-refractivity contribution is 7.22. The molecular formula is C22H23Cl2N3O2S. The number of carbonyl (C=O) groups is 1. The number of anilines is 1.